The Hall–Kier alpha value is -1.13. The number of hydrogen-bond acceptors (Lipinski definition) is 3. The van der Waals surface area contributed by atoms with E-state index in [9.17, 15) is 9.50 Å². The molecule has 0 aliphatic rings. The van der Waals surface area contributed by atoms with Crippen LogP contribution in [0.25, 0.3) is 0 Å². The van der Waals surface area contributed by atoms with Gasteiger partial charge in [0, 0.05) is 18.7 Å². The molecule has 2 N–H and O–H groups in total. The highest BCUT2D eigenvalue weighted by atomic mass is 19.1. The molecule has 0 bridgehead atoms. The summed E-state index contributed by atoms with van der Waals surface area (Å²) in [7, 11) is 0. The predicted molar refractivity (Wildman–Crippen MR) is 79.3 cm³/mol. The lowest BCUT2D eigenvalue weighted by atomic mass is 9.94. The van der Waals surface area contributed by atoms with E-state index in [-0.39, 0.29) is 18.3 Å². The number of nitrogens with one attached hydrogen (secondary N) is 1. The Kier molecular flexibility index (Phi) is 5.96. The van der Waals surface area contributed by atoms with Gasteiger partial charge in [-0.15, -0.1) is 0 Å². The lowest BCUT2D eigenvalue weighted by Crippen LogP contribution is -2.37. The molecule has 0 radical (unpaired) electrons. The second-order valence-corrected chi connectivity index (χ2v) is 6.13. The number of halogens is 1. The third-order valence-corrected chi connectivity index (χ3v) is 3.42. The van der Waals surface area contributed by atoms with Gasteiger partial charge in [-0.25, -0.2) is 4.39 Å². The molecule has 0 saturated heterocycles. The van der Waals surface area contributed by atoms with Crippen LogP contribution in [0.1, 0.15) is 40.2 Å². The Balaban J connectivity index is 2.71. The quantitative estimate of drug-likeness (QED) is 0.808. The molecule has 0 aromatic heterocycles. The van der Waals surface area contributed by atoms with Crippen LogP contribution in [0.5, 0.6) is 5.75 Å². The highest BCUT2D eigenvalue weighted by Crippen LogP contribution is 2.21. The van der Waals surface area contributed by atoms with Crippen LogP contribution in [0.4, 0.5) is 4.39 Å². The summed E-state index contributed by atoms with van der Waals surface area (Å²) < 4.78 is 19.1. The first-order valence-corrected chi connectivity index (χ1v) is 7.08. The second-order valence-electron chi connectivity index (χ2n) is 6.13. The van der Waals surface area contributed by atoms with Crippen LogP contribution in [0.2, 0.25) is 0 Å². The summed E-state index contributed by atoms with van der Waals surface area (Å²) in [6.45, 7) is 10.4. The minimum absolute atomic E-state index is 0.0677. The van der Waals surface area contributed by atoms with Crippen LogP contribution in [-0.2, 0) is 6.54 Å². The fourth-order valence-electron chi connectivity index (χ4n) is 1.52. The van der Waals surface area contributed by atoms with Crippen molar-refractivity contribution in [1.82, 2.24) is 5.32 Å². The smallest absolute Gasteiger partial charge is 0.127 e. The predicted octanol–water partition coefficient (Wildman–Crippen LogP) is 3.11. The monoisotopic (exact) mass is 283 g/mol. The number of hydrogen-bond donors (Lipinski definition) is 2. The topological polar surface area (TPSA) is 41.5 Å². The maximum atomic E-state index is 13.6. The highest BCUT2D eigenvalue weighted by molar-refractivity contribution is 5.29. The maximum absolute atomic E-state index is 13.6. The van der Waals surface area contributed by atoms with Crippen LogP contribution < -0.4 is 10.1 Å². The van der Waals surface area contributed by atoms with Crippen molar-refractivity contribution in [3.8, 4) is 5.75 Å². The van der Waals surface area contributed by atoms with Gasteiger partial charge in [0.25, 0.3) is 0 Å². The van der Waals surface area contributed by atoms with Crippen LogP contribution in [0.3, 0.4) is 0 Å². The summed E-state index contributed by atoms with van der Waals surface area (Å²) >= 11 is 0. The van der Waals surface area contributed by atoms with E-state index in [4.69, 9.17) is 4.74 Å². The maximum Gasteiger partial charge on any atom is 0.127 e. The first kappa shape index (κ1) is 16.9. The van der Waals surface area contributed by atoms with Gasteiger partial charge in [0.1, 0.15) is 18.2 Å². The average molecular weight is 283 g/mol. The molecule has 4 heteroatoms. The number of rotatable bonds is 7. The van der Waals surface area contributed by atoms with Gasteiger partial charge in [-0.3, -0.25) is 0 Å². The van der Waals surface area contributed by atoms with E-state index in [0.29, 0.717) is 18.3 Å². The molecule has 1 aromatic carbocycles. The third-order valence-electron chi connectivity index (χ3n) is 3.42. The Labute approximate surface area is 121 Å². The Morgan fingerprint density at radius 3 is 2.45 bits per heavy atom. The molecule has 1 aromatic rings. The molecule has 114 valence electrons. The van der Waals surface area contributed by atoms with Crippen molar-refractivity contribution in [3.63, 3.8) is 0 Å². The molecule has 0 saturated carbocycles. The Bertz CT molecular complexity index is 430. The minimum atomic E-state index is -0.928. The van der Waals surface area contributed by atoms with E-state index in [0.717, 1.165) is 5.56 Å². The van der Waals surface area contributed by atoms with Crippen LogP contribution >= 0.6 is 0 Å². The summed E-state index contributed by atoms with van der Waals surface area (Å²) in [6, 6.07) is 4.97. The summed E-state index contributed by atoms with van der Waals surface area (Å²) in [6.07, 6.45) is 0. The highest BCUT2D eigenvalue weighted by Gasteiger charge is 2.25. The summed E-state index contributed by atoms with van der Waals surface area (Å²) in [5.74, 6) is 0.192. The number of ether oxygens (including phenoxy) is 1. The van der Waals surface area contributed by atoms with Gasteiger partial charge in [-0.1, -0.05) is 27.7 Å². The van der Waals surface area contributed by atoms with Crippen molar-refractivity contribution in [1.29, 1.82) is 0 Å². The minimum Gasteiger partial charge on any atom is -0.490 e. The zero-order valence-corrected chi connectivity index (χ0v) is 13.0. The molecule has 0 aliphatic carbocycles. The zero-order chi connectivity index (χ0) is 15.3. The van der Waals surface area contributed by atoms with Crippen LogP contribution in [0.15, 0.2) is 18.2 Å². The second kappa shape index (κ2) is 7.04. The average Bonchev–Trinajstić information content (AvgIpc) is 2.33. The van der Waals surface area contributed by atoms with Crippen molar-refractivity contribution in [2.45, 2.75) is 52.8 Å². The molecule has 20 heavy (non-hydrogen) atoms. The van der Waals surface area contributed by atoms with Gasteiger partial charge >= 0.3 is 0 Å². The molecule has 0 aliphatic heterocycles. The first-order valence-electron chi connectivity index (χ1n) is 7.08. The van der Waals surface area contributed by atoms with Crippen LogP contribution in [-0.4, -0.2) is 23.4 Å². The fourth-order valence-corrected chi connectivity index (χ4v) is 1.52. The molecule has 1 atom stereocenters. The van der Waals surface area contributed by atoms with Gasteiger partial charge in [0.2, 0.25) is 0 Å². The molecule has 3 nitrogen and oxygen atoms in total. The van der Waals surface area contributed by atoms with Gasteiger partial charge < -0.3 is 15.2 Å². The van der Waals surface area contributed by atoms with E-state index in [2.05, 4.69) is 5.32 Å². The van der Waals surface area contributed by atoms with E-state index in [1.54, 1.807) is 13.0 Å². The summed E-state index contributed by atoms with van der Waals surface area (Å²) in [4.78, 5) is 0. The molecule has 0 fully saturated rings. The molecule has 0 amide bonds. The first-order chi connectivity index (χ1) is 9.20. The van der Waals surface area contributed by atoms with Gasteiger partial charge in [0.05, 0.1) is 5.60 Å². The SMILES string of the molecule is CC(C)NCc1cc(F)cc(OCC(C)(O)C(C)C)c1. The molecule has 1 rings (SSSR count). The lowest BCUT2D eigenvalue weighted by molar-refractivity contribution is -0.0267. The number of aliphatic hydroxyl groups is 1. The van der Waals surface area contributed by atoms with E-state index >= 15 is 0 Å². The summed E-state index contributed by atoms with van der Waals surface area (Å²) in [5.41, 5.74) is -0.0965. The van der Waals surface area contributed by atoms with Crippen molar-refractivity contribution < 1.29 is 14.2 Å². The van der Waals surface area contributed by atoms with Gasteiger partial charge in [-0.05, 0) is 30.5 Å². The lowest BCUT2D eigenvalue weighted by Gasteiger charge is -2.27. The van der Waals surface area contributed by atoms with E-state index < -0.39 is 5.60 Å². The van der Waals surface area contributed by atoms with Gasteiger partial charge in [-0.2, -0.15) is 0 Å². The van der Waals surface area contributed by atoms with E-state index in [1.165, 1.54) is 12.1 Å². The van der Waals surface area contributed by atoms with Gasteiger partial charge in [0.15, 0.2) is 0 Å². The molecule has 0 spiro atoms. The molecule has 1 unspecified atom stereocenters. The van der Waals surface area contributed by atoms with Crippen molar-refractivity contribution in [3.05, 3.63) is 29.6 Å². The van der Waals surface area contributed by atoms with Crippen molar-refractivity contribution >= 4 is 0 Å². The molecular formula is C16H26FNO2. The largest absolute Gasteiger partial charge is 0.490 e. The Morgan fingerprint density at radius 2 is 1.90 bits per heavy atom. The third kappa shape index (κ3) is 5.47. The Morgan fingerprint density at radius 1 is 1.25 bits per heavy atom. The van der Waals surface area contributed by atoms with Crippen molar-refractivity contribution in [2.75, 3.05) is 6.61 Å². The normalized spacial score (nSPS) is 14.7. The summed E-state index contributed by atoms with van der Waals surface area (Å²) in [5, 5.41) is 13.4. The standard InChI is InChI=1S/C16H26FNO2/c1-11(2)16(5,19)10-20-15-7-13(6-14(17)8-15)9-18-12(3)4/h6-8,11-12,18-19H,9-10H2,1-5H3. The molecule has 0 heterocycles. The van der Waals surface area contributed by atoms with E-state index in [1.807, 2.05) is 27.7 Å². The zero-order valence-electron chi connectivity index (χ0n) is 13.0. The fraction of sp³-hybridized carbons (Fsp3) is 0.625. The van der Waals surface area contributed by atoms with Crippen molar-refractivity contribution in [2.24, 2.45) is 5.92 Å². The molecular weight excluding hydrogens is 257 g/mol. The number of benzene rings is 1. The van der Waals surface area contributed by atoms with Crippen LogP contribution in [0, 0.1) is 11.7 Å².